The fraction of sp³-hybridized carbons (Fsp3) is 0.111. The maximum Gasteiger partial charge on any atom is 0.416 e. The van der Waals surface area contributed by atoms with Gasteiger partial charge in [-0.1, -0.05) is 18.2 Å². The number of nitrogens with two attached hydrogens (primary N) is 1. The Bertz CT molecular complexity index is 1530. The van der Waals surface area contributed by atoms with Crippen molar-refractivity contribution in [1.82, 2.24) is 9.97 Å². The quantitative estimate of drug-likeness (QED) is 0.288. The van der Waals surface area contributed by atoms with Gasteiger partial charge in [0, 0.05) is 42.3 Å². The van der Waals surface area contributed by atoms with Crippen LogP contribution in [-0.2, 0) is 6.18 Å². The first-order valence-corrected chi connectivity index (χ1v) is 11.2. The number of carbonyl (C=O) groups excluding carboxylic acids is 1. The van der Waals surface area contributed by atoms with E-state index in [1.165, 1.54) is 18.3 Å². The van der Waals surface area contributed by atoms with E-state index < -0.39 is 17.6 Å². The number of alkyl halides is 3. The molecule has 0 radical (unpaired) electrons. The number of allylic oxidation sites excluding steroid dienone is 1. The summed E-state index contributed by atoms with van der Waals surface area (Å²) >= 11 is 0. The number of aromatic nitrogens is 2. The van der Waals surface area contributed by atoms with Crippen molar-refractivity contribution in [2.24, 2.45) is 10.7 Å². The molecule has 0 bridgehead atoms. The predicted molar refractivity (Wildman–Crippen MR) is 139 cm³/mol. The molecule has 4 N–H and O–H groups in total. The SMILES string of the molecule is CN=CC(=CN)Nc1ncc2cc(-c3cc(C(=O)Nc4cccc(C(F)(F)F)c4)ccc3C)ccc2n1. The lowest BCUT2D eigenvalue weighted by molar-refractivity contribution is -0.137. The number of hydrogen-bond donors (Lipinski definition) is 3. The first kappa shape index (κ1) is 25.4. The molecule has 1 aromatic heterocycles. The largest absolute Gasteiger partial charge is 0.416 e. The topological polar surface area (TPSA) is 105 Å². The lowest BCUT2D eigenvalue weighted by Crippen LogP contribution is -2.13. The van der Waals surface area contributed by atoms with Crippen LogP contribution in [0.3, 0.4) is 0 Å². The molecule has 188 valence electrons. The number of aryl methyl sites for hydroxylation is 1. The Morgan fingerprint density at radius 1 is 1.05 bits per heavy atom. The van der Waals surface area contributed by atoms with Crippen LogP contribution in [0.25, 0.3) is 22.0 Å². The minimum Gasteiger partial charge on any atom is -0.403 e. The molecule has 1 amide bonds. The fourth-order valence-corrected chi connectivity index (χ4v) is 3.70. The second-order valence-electron chi connectivity index (χ2n) is 8.16. The van der Waals surface area contributed by atoms with Gasteiger partial charge in [-0.25, -0.2) is 9.97 Å². The molecule has 0 fully saturated rings. The summed E-state index contributed by atoms with van der Waals surface area (Å²) in [7, 11) is 1.62. The van der Waals surface area contributed by atoms with Crippen LogP contribution in [0.15, 0.2) is 83.7 Å². The summed E-state index contributed by atoms with van der Waals surface area (Å²) in [6.45, 7) is 1.91. The molecule has 10 heteroatoms. The second-order valence-corrected chi connectivity index (χ2v) is 8.16. The summed E-state index contributed by atoms with van der Waals surface area (Å²) in [5.41, 5.74) is 8.92. The van der Waals surface area contributed by atoms with E-state index in [1.807, 2.05) is 25.1 Å². The minimum atomic E-state index is -4.50. The highest BCUT2D eigenvalue weighted by molar-refractivity contribution is 6.05. The van der Waals surface area contributed by atoms with Gasteiger partial charge in [-0.05, 0) is 66.1 Å². The molecular weight excluding hydrogens is 481 g/mol. The number of aliphatic imine (C=N–C) groups is 1. The predicted octanol–water partition coefficient (Wildman–Crippen LogP) is 5.79. The molecule has 37 heavy (non-hydrogen) atoms. The molecule has 0 aliphatic heterocycles. The van der Waals surface area contributed by atoms with E-state index in [0.29, 0.717) is 22.7 Å². The standard InChI is InChI=1S/C27H23F3N6O/c1-16-6-7-18(25(37)34-21-5-3-4-20(12-21)27(28,29)30)11-23(16)17-8-9-24-19(10-17)14-33-26(36-24)35-22(13-31)15-32-2/h3-15H,31H2,1-2H3,(H,34,37)(H,33,35,36). The number of benzene rings is 3. The highest BCUT2D eigenvalue weighted by atomic mass is 19.4. The zero-order valence-corrected chi connectivity index (χ0v) is 20.0. The molecule has 7 nitrogen and oxygen atoms in total. The highest BCUT2D eigenvalue weighted by Gasteiger charge is 2.30. The van der Waals surface area contributed by atoms with Gasteiger partial charge in [-0.2, -0.15) is 13.2 Å². The summed E-state index contributed by atoms with van der Waals surface area (Å²) in [6.07, 6.45) is 0.0880. The van der Waals surface area contributed by atoms with E-state index in [4.69, 9.17) is 5.73 Å². The molecule has 0 unspecified atom stereocenters. The fourth-order valence-electron chi connectivity index (χ4n) is 3.70. The lowest BCUT2D eigenvalue weighted by Gasteiger charge is -2.12. The molecule has 4 aromatic rings. The zero-order chi connectivity index (χ0) is 26.6. The molecule has 0 saturated carbocycles. The lowest BCUT2D eigenvalue weighted by atomic mass is 9.97. The van der Waals surface area contributed by atoms with Crippen LogP contribution in [0.1, 0.15) is 21.5 Å². The molecule has 0 spiro atoms. The van der Waals surface area contributed by atoms with E-state index in [2.05, 4.69) is 25.6 Å². The maximum atomic E-state index is 13.0. The van der Waals surface area contributed by atoms with E-state index in [9.17, 15) is 18.0 Å². The number of fused-ring (bicyclic) bond motifs is 1. The van der Waals surface area contributed by atoms with Crippen LogP contribution in [0.4, 0.5) is 24.8 Å². The Hall–Kier alpha value is -4.73. The van der Waals surface area contributed by atoms with Gasteiger partial charge < -0.3 is 16.4 Å². The average Bonchev–Trinajstić information content (AvgIpc) is 2.88. The highest BCUT2D eigenvalue weighted by Crippen LogP contribution is 2.31. The van der Waals surface area contributed by atoms with Gasteiger partial charge in [0.25, 0.3) is 5.91 Å². The molecule has 0 atom stereocenters. The van der Waals surface area contributed by atoms with Crippen LogP contribution in [0, 0.1) is 6.92 Å². The van der Waals surface area contributed by atoms with E-state index in [0.717, 1.165) is 34.2 Å². The molecular formula is C27H23F3N6O. The van der Waals surface area contributed by atoms with E-state index in [1.54, 1.807) is 37.7 Å². The zero-order valence-electron chi connectivity index (χ0n) is 20.0. The number of halogens is 3. The minimum absolute atomic E-state index is 0.0621. The number of nitrogens with one attached hydrogen (secondary N) is 2. The van der Waals surface area contributed by atoms with Crippen molar-refractivity contribution >= 4 is 34.7 Å². The van der Waals surface area contributed by atoms with Crippen molar-refractivity contribution in [3.8, 4) is 11.1 Å². The number of nitrogens with zero attached hydrogens (tertiary/aromatic N) is 3. The van der Waals surface area contributed by atoms with Crippen molar-refractivity contribution in [2.45, 2.75) is 13.1 Å². The summed E-state index contributed by atoms with van der Waals surface area (Å²) < 4.78 is 39.0. The van der Waals surface area contributed by atoms with Crippen LogP contribution in [0.5, 0.6) is 0 Å². The third-order valence-electron chi connectivity index (χ3n) is 5.54. The van der Waals surface area contributed by atoms with E-state index in [-0.39, 0.29) is 5.69 Å². The molecule has 0 saturated heterocycles. The maximum absolute atomic E-state index is 13.0. The Morgan fingerprint density at radius 2 is 1.86 bits per heavy atom. The summed E-state index contributed by atoms with van der Waals surface area (Å²) in [4.78, 5) is 25.6. The van der Waals surface area contributed by atoms with E-state index >= 15 is 0 Å². The Labute approximate surface area is 211 Å². The third kappa shape index (κ3) is 5.92. The Kier molecular flexibility index (Phi) is 7.19. The van der Waals surface area contributed by atoms with Gasteiger partial charge in [-0.15, -0.1) is 0 Å². The molecule has 3 aromatic carbocycles. The number of anilines is 2. The molecule has 1 heterocycles. The molecule has 4 rings (SSSR count). The Balaban J connectivity index is 1.60. The smallest absolute Gasteiger partial charge is 0.403 e. The van der Waals surface area contributed by atoms with Crippen LogP contribution in [0.2, 0.25) is 0 Å². The number of carbonyl (C=O) groups is 1. The van der Waals surface area contributed by atoms with Gasteiger partial charge in [-0.3, -0.25) is 9.79 Å². The Morgan fingerprint density at radius 3 is 2.59 bits per heavy atom. The summed E-state index contributed by atoms with van der Waals surface area (Å²) in [5.74, 6) is -0.152. The van der Waals surface area contributed by atoms with Gasteiger partial charge in [0.1, 0.15) is 0 Å². The third-order valence-corrected chi connectivity index (χ3v) is 5.54. The number of rotatable bonds is 6. The number of hydrogen-bond acceptors (Lipinski definition) is 6. The van der Waals surface area contributed by atoms with Crippen molar-refractivity contribution in [3.05, 3.63) is 95.4 Å². The molecule has 0 aliphatic rings. The number of amides is 1. The normalized spacial score (nSPS) is 12.2. The summed E-state index contributed by atoms with van der Waals surface area (Å²) in [6, 6.07) is 15.3. The average molecular weight is 505 g/mol. The van der Waals surface area contributed by atoms with Crippen LogP contribution >= 0.6 is 0 Å². The van der Waals surface area contributed by atoms with Gasteiger partial charge >= 0.3 is 6.18 Å². The van der Waals surface area contributed by atoms with Gasteiger partial charge in [0.2, 0.25) is 5.95 Å². The molecule has 0 aliphatic carbocycles. The van der Waals surface area contributed by atoms with Gasteiger partial charge in [0.15, 0.2) is 0 Å². The summed E-state index contributed by atoms with van der Waals surface area (Å²) in [5, 5.41) is 6.31. The van der Waals surface area contributed by atoms with Crippen molar-refractivity contribution in [3.63, 3.8) is 0 Å². The van der Waals surface area contributed by atoms with Crippen molar-refractivity contribution in [1.29, 1.82) is 0 Å². The van der Waals surface area contributed by atoms with Crippen molar-refractivity contribution < 1.29 is 18.0 Å². The first-order chi connectivity index (χ1) is 17.7. The monoisotopic (exact) mass is 504 g/mol. The first-order valence-electron chi connectivity index (χ1n) is 11.2. The van der Waals surface area contributed by atoms with Gasteiger partial charge in [0.05, 0.1) is 16.8 Å². The van der Waals surface area contributed by atoms with Crippen LogP contribution in [-0.4, -0.2) is 29.1 Å². The van der Waals surface area contributed by atoms with Crippen molar-refractivity contribution in [2.75, 3.05) is 17.7 Å². The second kappa shape index (κ2) is 10.5. The van der Waals surface area contributed by atoms with Crippen LogP contribution < -0.4 is 16.4 Å².